The van der Waals surface area contributed by atoms with E-state index in [9.17, 15) is 9.90 Å². The Bertz CT molecular complexity index is 484. The molecule has 2 N–H and O–H groups in total. The van der Waals surface area contributed by atoms with Crippen LogP contribution in [0.1, 0.15) is 17.4 Å². The third kappa shape index (κ3) is 1.79. The van der Waals surface area contributed by atoms with Crippen LogP contribution in [0, 0.1) is 0 Å². The number of hydrogen-bond acceptors (Lipinski definition) is 4. The lowest BCUT2D eigenvalue weighted by Gasteiger charge is -1.98. The first-order valence-electron chi connectivity index (χ1n) is 4.85. The smallest absolute Gasteiger partial charge is 0.358 e. The summed E-state index contributed by atoms with van der Waals surface area (Å²) in [4.78, 5) is 14.2. The van der Waals surface area contributed by atoms with Crippen LogP contribution in [0.25, 0.3) is 11.5 Å². The summed E-state index contributed by atoms with van der Waals surface area (Å²) in [6.45, 7) is 1.96. The number of ether oxygens (including phenoxy) is 1. The second-order valence-electron chi connectivity index (χ2n) is 3.14. The molecule has 0 aliphatic heterocycles. The van der Waals surface area contributed by atoms with Crippen LogP contribution in [0.2, 0.25) is 0 Å². The highest BCUT2D eigenvalue weighted by Crippen LogP contribution is 2.26. The minimum atomic E-state index is -0.585. The van der Waals surface area contributed by atoms with Crippen molar-refractivity contribution in [2.24, 2.45) is 0 Å². The van der Waals surface area contributed by atoms with Gasteiger partial charge in [0.05, 0.1) is 18.6 Å². The average molecular weight is 221 g/mol. The Morgan fingerprint density at radius 2 is 2.44 bits per heavy atom. The van der Waals surface area contributed by atoms with Crippen molar-refractivity contribution < 1.29 is 19.1 Å². The molecule has 2 rings (SSSR count). The van der Waals surface area contributed by atoms with Gasteiger partial charge in [-0.1, -0.05) is 0 Å². The lowest BCUT2D eigenvalue weighted by Crippen LogP contribution is -2.05. The number of aromatic nitrogens is 1. The second kappa shape index (κ2) is 4.14. The molecule has 5 nitrogen and oxygen atoms in total. The zero-order chi connectivity index (χ0) is 11.5. The van der Waals surface area contributed by atoms with E-state index in [1.54, 1.807) is 19.1 Å². The topological polar surface area (TPSA) is 75.5 Å². The van der Waals surface area contributed by atoms with Crippen LogP contribution >= 0.6 is 0 Å². The minimum absolute atomic E-state index is 0.0354. The first-order chi connectivity index (χ1) is 7.72. The van der Waals surface area contributed by atoms with E-state index < -0.39 is 5.97 Å². The van der Waals surface area contributed by atoms with Crippen molar-refractivity contribution in [3.05, 3.63) is 30.2 Å². The van der Waals surface area contributed by atoms with E-state index in [1.165, 1.54) is 12.3 Å². The Labute approximate surface area is 91.7 Å². The minimum Gasteiger partial charge on any atom is -0.505 e. The normalized spacial score (nSPS) is 10.3. The van der Waals surface area contributed by atoms with Gasteiger partial charge in [0.2, 0.25) is 0 Å². The van der Waals surface area contributed by atoms with E-state index in [2.05, 4.69) is 4.98 Å². The maximum atomic E-state index is 11.4. The number of rotatable bonds is 3. The van der Waals surface area contributed by atoms with Gasteiger partial charge in [0.25, 0.3) is 0 Å². The third-order valence-corrected chi connectivity index (χ3v) is 2.06. The van der Waals surface area contributed by atoms with Gasteiger partial charge in [-0.25, -0.2) is 4.79 Å². The fourth-order valence-electron chi connectivity index (χ4n) is 1.37. The SMILES string of the molecule is CCOC(=O)c1[nH]c(-c2ccco2)cc1O. The molecule has 0 aromatic carbocycles. The quantitative estimate of drug-likeness (QED) is 0.778. The molecule has 0 unspecified atom stereocenters. The molecule has 0 bridgehead atoms. The van der Waals surface area contributed by atoms with Crippen molar-refractivity contribution in [3.63, 3.8) is 0 Å². The first-order valence-corrected chi connectivity index (χ1v) is 4.85. The van der Waals surface area contributed by atoms with Gasteiger partial charge in [0.15, 0.2) is 5.69 Å². The zero-order valence-electron chi connectivity index (χ0n) is 8.69. The molecule has 0 spiro atoms. The molecule has 16 heavy (non-hydrogen) atoms. The van der Waals surface area contributed by atoms with Crippen LogP contribution < -0.4 is 0 Å². The molecule has 0 radical (unpaired) electrons. The molecule has 0 fully saturated rings. The summed E-state index contributed by atoms with van der Waals surface area (Å²) in [6.07, 6.45) is 1.51. The van der Waals surface area contributed by atoms with Crippen molar-refractivity contribution in [2.45, 2.75) is 6.92 Å². The van der Waals surface area contributed by atoms with Crippen molar-refractivity contribution in [1.82, 2.24) is 4.98 Å². The third-order valence-electron chi connectivity index (χ3n) is 2.06. The number of H-pyrrole nitrogens is 1. The maximum absolute atomic E-state index is 11.4. The van der Waals surface area contributed by atoms with Crippen LogP contribution in [-0.2, 0) is 4.74 Å². The zero-order valence-corrected chi connectivity index (χ0v) is 8.69. The second-order valence-corrected chi connectivity index (χ2v) is 3.14. The van der Waals surface area contributed by atoms with E-state index in [-0.39, 0.29) is 18.1 Å². The van der Waals surface area contributed by atoms with Crippen molar-refractivity contribution >= 4 is 5.97 Å². The van der Waals surface area contributed by atoms with Gasteiger partial charge in [-0.15, -0.1) is 0 Å². The summed E-state index contributed by atoms with van der Waals surface area (Å²) >= 11 is 0. The van der Waals surface area contributed by atoms with E-state index >= 15 is 0 Å². The van der Waals surface area contributed by atoms with E-state index in [4.69, 9.17) is 9.15 Å². The average Bonchev–Trinajstić information content (AvgIpc) is 2.86. The molecule has 5 heteroatoms. The lowest BCUT2D eigenvalue weighted by molar-refractivity contribution is 0.0517. The molecule has 2 aromatic heterocycles. The van der Waals surface area contributed by atoms with Crippen LogP contribution in [0.15, 0.2) is 28.9 Å². The van der Waals surface area contributed by atoms with Gasteiger partial charge in [-0.05, 0) is 19.1 Å². The summed E-state index contributed by atoms with van der Waals surface area (Å²) < 4.78 is 9.91. The molecule has 0 saturated heterocycles. The van der Waals surface area contributed by atoms with Crippen molar-refractivity contribution in [2.75, 3.05) is 6.61 Å². The highest BCUT2D eigenvalue weighted by Gasteiger charge is 2.17. The predicted octanol–water partition coefficient (Wildman–Crippen LogP) is 2.16. The molecular weight excluding hydrogens is 210 g/mol. The molecule has 0 amide bonds. The summed E-state index contributed by atoms with van der Waals surface area (Å²) in [5.41, 5.74) is 0.568. The summed E-state index contributed by atoms with van der Waals surface area (Å²) in [5, 5.41) is 9.55. The van der Waals surface area contributed by atoms with Crippen LogP contribution in [0.5, 0.6) is 5.75 Å². The summed E-state index contributed by atoms with van der Waals surface area (Å²) in [6, 6.07) is 4.86. The number of aromatic amines is 1. The molecule has 2 heterocycles. The highest BCUT2D eigenvalue weighted by molar-refractivity contribution is 5.91. The Morgan fingerprint density at radius 1 is 1.62 bits per heavy atom. The van der Waals surface area contributed by atoms with Crippen molar-refractivity contribution in [3.8, 4) is 17.2 Å². The number of nitrogens with one attached hydrogen (secondary N) is 1. The Hall–Kier alpha value is -2.17. The first kappa shape index (κ1) is 10.4. The van der Waals surface area contributed by atoms with Crippen molar-refractivity contribution in [1.29, 1.82) is 0 Å². The fourth-order valence-corrected chi connectivity index (χ4v) is 1.37. The number of carbonyl (C=O) groups is 1. The lowest BCUT2D eigenvalue weighted by atomic mass is 10.3. The van der Waals surface area contributed by atoms with Gasteiger partial charge in [-0.2, -0.15) is 0 Å². The van der Waals surface area contributed by atoms with Gasteiger partial charge in [0, 0.05) is 6.07 Å². The molecule has 2 aromatic rings. The number of furan rings is 1. The fraction of sp³-hybridized carbons (Fsp3) is 0.182. The largest absolute Gasteiger partial charge is 0.505 e. The van der Waals surface area contributed by atoms with E-state index in [0.29, 0.717) is 11.5 Å². The summed E-state index contributed by atoms with van der Waals surface area (Å²) in [5.74, 6) is -0.187. The maximum Gasteiger partial charge on any atom is 0.358 e. The number of aromatic hydroxyl groups is 1. The molecule has 0 aliphatic carbocycles. The number of carbonyl (C=O) groups excluding carboxylic acids is 1. The van der Waals surface area contributed by atoms with Crippen LogP contribution in [-0.4, -0.2) is 22.7 Å². The summed E-state index contributed by atoms with van der Waals surface area (Å²) in [7, 11) is 0. The van der Waals surface area contributed by atoms with Gasteiger partial charge < -0.3 is 19.2 Å². The highest BCUT2D eigenvalue weighted by atomic mass is 16.5. The Balaban J connectivity index is 2.32. The van der Waals surface area contributed by atoms with Gasteiger partial charge in [0.1, 0.15) is 11.5 Å². The van der Waals surface area contributed by atoms with Crippen LogP contribution in [0.3, 0.4) is 0 Å². The molecule has 0 aliphatic rings. The molecular formula is C11H11NO4. The van der Waals surface area contributed by atoms with E-state index in [0.717, 1.165) is 0 Å². The predicted molar refractivity (Wildman–Crippen MR) is 56.1 cm³/mol. The van der Waals surface area contributed by atoms with Crippen LogP contribution in [0.4, 0.5) is 0 Å². The Morgan fingerprint density at radius 3 is 3.06 bits per heavy atom. The van der Waals surface area contributed by atoms with Gasteiger partial charge >= 0.3 is 5.97 Å². The number of hydrogen-bond donors (Lipinski definition) is 2. The van der Waals surface area contributed by atoms with Gasteiger partial charge in [-0.3, -0.25) is 0 Å². The monoisotopic (exact) mass is 221 g/mol. The number of esters is 1. The molecule has 84 valence electrons. The Kier molecular flexibility index (Phi) is 2.68. The molecule has 0 atom stereocenters. The standard InChI is InChI=1S/C11H11NO4/c1-2-15-11(14)10-8(13)6-7(12-10)9-4-3-5-16-9/h3-6,12-13H,2H2,1H3. The molecule has 0 saturated carbocycles. The van der Waals surface area contributed by atoms with E-state index in [1.807, 2.05) is 0 Å².